The van der Waals surface area contributed by atoms with Gasteiger partial charge in [-0.3, -0.25) is 4.98 Å². The van der Waals surface area contributed by atoms with Crippen LogP contribution in [0, 0.1) is 6.92 Å². The molecule has 90 valence electrons. The molecule has 0 aliphatic heterocycles. The summed E-state index contributed by atoms with van der Waals surface area (Å²) in [5, 5.41) is 13.6. The summed E-state index contributed by atoms with van der Waals surface area (Å²) in [5.74, 6) is 0. The second-order valence-electron chi connectivity index (χ2n) is 5.57. The van der Waals surface area contributed by atoms with Crippen LogP contribution in [0.5, 0.6) is 0 Å². The van der Waals surface area contributed by atoms with Crippen LogP contribution >= 0.6 is 0 Å². The zero-order chi connectivity index (χ0) is 12.4. The van der Waals surface area contributed by atoms with Gasteiger partial charge in [0.05, 0.1) is 0 Å². The Bertz CT molecular complexity index is 336. The van der Waals surface area contributed by atoms with Crippen molar-refractivity contribution in [2.45, 2.75) is 45.8 Å². The SMILES string of the molecule is Cc1ccc(C(C)(O)CNC(C)(C)C)cn1. The van der Waals surface area contributed by atoms with Crippen molar-refractivity contribution >= 4 is 0 Å². The number of nitrogens with one attached hydrogen (secondary N) is 1. The quantitative estimate of drug-likeness (QED) is 0.822. The fourth-order valence-corrected chi connectivity index (χ4v) is 1.33. The van der Waals surface area contributed by atoms with Crippen molar-refractivity contribution in [2.24, 2.45) is 0 Å². The van der Waals surface area contributed by atoms with Crippen LogP contribution in [0.1, 0.15) is 39.0 Å². The van der Waals surface area contributed by atoms with Gasteiger partial charge in [-0.15, -0.1) is 0 Å². The van der Waals surface area contributed by atoms with E-state index < -0.39 is 5.60 Å². The molecular weight excluding hydrogens is 200 g/mol. The van der Waals surface area contributed by atoms with Gasteiger partial charge in [0.2, 0.25) is 0 Å². The van der Waals surface area contributed by atoms with E-state index in [9.17, 15) is 5.11 Å². The van der Waals surface area contributed by atoms with E-state index in [0.717, 1.165) is 11.3 Å². The van der Waals surface area contributed by atoms with Crippen LogP contribution < -0.4 is 5.32 Å². The van der Waals surface area contributed by atoms with Crippen LogP contribution in [0.15, 0.2) is 18.3 Å². The summed E-state index contributed by atoms with van der Waals surface area (Å²) in [5.41, 5.74) is 0.925. The Morgan fingerprint density at radius 2 is 1.88 bits per heavy atom. The molecule has 0 amide bonds. The molecule has 0 saturated carbocycles. The fraction of sp³-hybridized carbons (Fsp3) is 0.615. The van der Waals surface area contributed by atoms with Gasteiger partial charge in [0.25, 0.3) is 0 Å². The molecule has 3 heteroatoms. The van der Waals surface area contributed by atoms with Crippen LogP contribution in [-0.2, 0) is 5.60 Å². The molecule has 0 aliphatic rings. The van der Waals surface area contributed by atoms with Gasteiger partial charge in [-0.05, 0) is 40.7 Å². The molecule has 3 nitrogen and oxygen atoms in total. The number of nitrogens with zero attached hydrogens (tertiary/aromatic N) is 1. The maximum atomic E-state index is 10.3. The van der Waals surface area contributed by atoms with Gasteiger partial charge < -0.3 is 10.4 Å². The number of hydrogen-bond donors (Lipinski definition) is 2. The van der Waals surface area contributed by atoms with Gasteiger partial charge in [0.15, 0.2) is 0 Å². The van der Waals surface area contributed by atoms with Crippen molar-refractivity contribution in [1.82, 2.24) is 10.3 Å². The lowest BCUT2D eigenvalue weighted by molar-refractivity contribution is 0.0498. The lowest BCUT2D eigenvalue weighted by Crippen LogP contribution is -2.44. The average molecular weight is 222 g/mol. The standard InChI is InChI=1S/C13H22N2O/c1-10-6-7-11(8-14-10)13(5,16)9-15-12(2,3)4/h6-8,15-16H,9H2,1-5H3. The highest BCUT2D eigenvalue weighted by atomic mass is 16.3. The average Bonchev–Trinajstić information content (AvgIpc) is 2.15. The molecule has 2 N–H and O–H groups in total. The summed E-state index contributed by atoms with van der Waals surface area (Å²) in [6.07, 6.45) is 1.74. The molecule has 16 heavy (non-hydrogen) atoms. The van der Waals surface area contributed by atoms with E-state index in [0.29, 0.717) is 6.54 Å². The molecule has 0 radical (unpaired) electrons. The van der Waals surface area contributed by atoms with Gasteiger partial charge in [0, 0.05) is 29.5 Å². The highest BCUT2D eigenvalue weighted by molar-refractivity contribution is 5.20. The Balaban J connectivity index is 2.73. The Morgan fingerprint density at radius 1 is 1.25 bits per heavy atom. The van der Waals surface area contributed by atoms with Crippen LogP contribution in [0.2, 0.25) is 0 Å². The van der Waals surface area contributed by atoms with Crippen molar-refractivity contribution in [3.63, 3.8) is 0 Å². The molecule has 0 fully saturated rings. The van der Waals surface area contributed by atoms with Crippen LogP contribution in [0.3, 0.4) is 0 Å². The summed E-state index contributed by atoms with van der Waals surface area (Å²) in [7, 11) is 0. The Labute approximate surface area is 97.9 Å². The second kappa shape index (κ2) is 4.52. The van der Waals surface area contributed by atoms with Crippen LogP contribution in [0.25, 0.3) is 0 Å². The van der Waals surface area contributed by atoms with E-state index >= 15 is 0 Å². The van der Waals surface area contributed by atoms with Gasteiger partial charge in [0.1, 0.15) is 5.60 Å². The Morgan fingerprint density at radius 3 is 2.31 bits per heavy atom. The molecule has 1 unspecified atom stereocenters. The molecule has 1 atom stereocenters. The van der Waals surface area contributed by atoms with Crippen molar-refractivity contribution in [3.05, 3.63) is 29.6 Å². The lowest BCUT2D eigenvalue weighted by atomic mass is 9.96. The van der Waals surface area contributed by atoms with E-state index in [-0.39, 0.29) is 5.54 Å². The van der Waals surface area contributed by atoms with Crippen molar-refractivity contribution < 1.29 is 5.11 Å². The first-order chi connectivity index (χ1) is 7.21. The first-order valence-corrected chi connectivity index (χ1v) is 5.61. The van der Waals surface area contributed by atoms with Gasteiger partial charge in [-0.1, -0.05) is 6.07 Å². The monoisotopic (exact) mass is 222 g/mol. The number of rotatable bonds is 3. The zero-order valence-corrected chi connectivity index (χ0v) is 10.8. The topological polar surface area (TPSA) is 45.1 Å². The third-order valence-corrected chi connectivity index (χ3v) is 2.50. The first-order valence-electron chi connectivity index (χ1n) is 5.61. The predicted octanol–water partition coefficient (Wildman–Crippen LogP) is 1.99. The van der Waals surface area contributed by atoms with Gasteiger partial charge >= 0.3 is 0 Å². The third-order valence-electron chi connectivity index (χ3n) is 2.50. The Kier molecular flexibility index (Phi) is 3.71. The molecule has 0 bridgehead atoms. The maximum absolute atomic E-state index is 10.3. The summed E-state index contributed by atoms with van der Waals surface area (Å²) in [4.78, 5) is 4.20. The number of aliphatic hydroxyl groups is 1. The fourth-order valence-electron chi connectivity index (χ4n) is 1.33. The first kappa shape index (κ1) is 13.1. The minimum absolute atomic E-state index is 0.00210. The lowest BCUT2D eigenvalue weighted by Gasteiger charge is -2.29. The largest absolute Gasteiger partial charge is 0.384 e. The van der Waals surface area contributed by atoms with Crippen molar-refractivity contribution in [3.8, 4) is 0 Å². The van der Waals surface area contributed by atoms with Crippen molar-refractivity contribution in [1.29, 1.82) is 0 Å². The molecule has 0 aliphatic carbocycles. The number of hydrogen-bond acceptors (Lipinski definition) is 3. The molecule has 0 spiro atoms. The molecule has 1 rings (SSSR count). The zero-order valence-electron chi connectivity index (χ0n) is 10.8. The number of aryl methyl sites for hydroxylation is 1. The van der Waals surface area contributed by atoms with Crippen LogP contribution in [-0.4, -0.2) is 22.2 Å². The molecular formula is C13H22N2O. The second-order valence-corrected chi connectivity index (χ2v) is 5.57. The molecule has 1 aromatic heterocycles. The highest BCUT2D eigenvalue weighted by Crippen LogP contribution is 2.19. The molecule has 1 aromatic rings. The van der Waals surface area contributed by atoms with Crippen LogP contribution in [0.4, 0.5) is 0 Å². The highest BCUT2D eigenvalue weighted by Gasteiger charge is 2.25. The summed E-state index contributed by atoms with van der Waals surface area (Å²) >= 11 is 0. The van der Waals surface area contributed by atoms with E-state index in [1.54, 1.807) is 13.1 Å². The summed E-state index contributed by atoms with van der Waals surface area (Å²) in [6.45, 7) is 10.5. The molecule has 0 saturated heterocycles. The van der Waals surface area contributed by atoms with E-state index in [1.807, 2.05) is 19.1 Å². The summed E-state index contributed by atoms with van der Waals surface area (Å²) in [6, 6.07) is 3.84. The maximum Gasteiger partial charge on any atom is 0.101 e. The van der Waals surface area contributed by atoms with E-state index in [2.05, 4.69) is 31.1 Å². The molecule has 1 heterocycles. The van der Waals surface area contributed by atoms with Crippen molar-refractivity contribution in [2.75, 3.05) is 6.54 Å². The predicted molar refractivity (Wildman–Crippen MR) is 66.3 cm³/mol. The minimum Gasteiger partial charge on any atom is -0.384 e. The van der Waals surface area contributed by atoms with Gasteiger partial charge in [-0.25, -0.2) is 0 Å². The van der Waals surface area contributed by atoms with E-state index in [1.165, 1.54) is 0 Å². The number of pyridine rings is 1. The Hall–Kier alpha value is -0.930. The van der Waals surface area contributed by atoms with Gasteiger partial charge in [-0.2, -0.15) is 0 Å². The third kappa shape index (κ3) is 3.91. The minimum atomic E-state index is -0.881. The summed E-state index contributed by atoms with van der Waals surface area (Å²) < 4.78 is 0. The van der Waals surface area contributed by atoms with E-state index in [4.69, 9.17) is 0 Å². The smallest absolute Gasteiger partial charge is 0.101 e. The normalized spacial score (nSPS) is 15.9. The molecule has 0 aromatic carbocycles. The number of aromatic nitrogens is 1. The number of β-amino-alcohol motifs (C(OH)–C–C–N with tert-alkyl or cyclic N) is 1.